The number of pyridine rings is 2. The van der Waals surface area contributed by atoms with Crippen LogP contribution in [0, 0.1) is 12.8 Å². The van der Waals surface area contributed by atoms with Gasteiger partial charge in [-0.1, -0.05) is 6.07 Å². The second-order valence-electron chi connectivity index (χ2n) is 6.70. The zero-order valence-corrected chi connectivity index (χ0v) is 15.2. The zero-order chi connectivity index (χ0) is 20.3. The first-order valence-electron chi connectivity index (χ1n) is 8.80. The minimum atomic E-state index is -4.68. The lowest BCUT2D eigenvalue weighted by Gasteiger charge is -2.32. The number of likely N-dealkylation sites (tertiary alicyclic amines) is 1. The van der Waals surface area contributed by atoms with Crippen LogP contribution in [0.25, 0.3) is 0 Å². The first-order valence-corrected chi connectivity index (χ1v) is 8.80. The van der Waals surface area contributed by atoms with Crippen LogP contribution in [0.2, 0.25) is 0 Å². The van der Waals surface area contributed by atoms with Crippen LogP contribution in [0.5, 0.6) is 0 Å². The SMILES string of the molecule is Cc1ccc(NC(=O)C2CCCN(C(=O)c3ncccc3C(F)(F)F)C2)nc1. The van der Waals surface area contributed by atoms with Crippen molar-refractivity contribution in [1.82, 2.24) is 14.9 Å². The van der Waals surface area contributed by atoms with E-state index in [1.807, 2.05) is 6.92 Å². The molecule has 1 unspecified atom stereocenters. The molecule has 6 nitrogen and oxygen atoms in total. The quantitative estimate of drug-likeness (QED) is 0.870. The Hall–Kier alpha value is -2.97. The predicted octanol–water partition coefficient (Wildman–Crippen LogP) is 3.29. The number of nitrogens with one attached hydrogen (secondary N) is 1. The Morgan fingerprint density at radius 2 is 2.00 bits per heavy atom. The number of piperidine rings is 1. The summed E-state index contributed by atoms with van der Waals surface area (Å²) in [4.78, 5) is 34.2. The van der Waals surface area contributed by atoms with E-state index in [4.69, 9.17) is 0 Å². The van der Waals surface area contributed by atoms with Crippen molar-refractivity contribution in [1.29, 1.82) is 0 Å². The molecule has 2 aromatic rings. The molecule has 148 valence electrons. The summed E-state index contributed by atoms with van der Waals surface area (Å²) in [6.45, 7) is 2.18. The van der Waals surface area contributed by atoms with Gasteiger partial charge in [0, 0.05) is 25.5 Å². The van der Waals surface area contributed by atoms with Crippen LogP contribution < -0.4 is 5.32 Å². The van der Waals surface area contributed by atoms with Crippen molar-refractivity contribution >= 4 is 17.6 Å². The summed E-state index contributed by atoms with van der Waals surface area (Å²) in [5, 5.41) is 2.69. The highest BCUT2D eigenvalue weighted by atomic mass is 19.4. The molecule has 3 rings (SSSR count). The average Bonchev–Trinajstić information content (AvgIpc) is 2.68. The Labute approximate surface area is 159 Å². The lowest BCUT2D eigenvalue weighted by molar-refractivity contribution is -0.138. The molecule has 1 saturated heterocycles. The molecule has 9 heteroatoms. The number of aryl methyl sites for hydroxylation is 1. The van der Waals surface area contributed by atoms with Crippen LogP contribution >= 0.6 is 0 Å². The highest BCUT2D eigenvalue weighted by Crippen LogP contribution is 2.32. The maximum Gasteiger partial charge on any atom is 0.418 e. The Bertz CT molecular complexity index is 868. The topological polar surface area (TPSA) is 75.2 Å². The smallest absolute Gasteiger partial charge is 0.337 e. The van der Waals surface area contributed by atoms with E-state index in [0.717, 1.165) is 23.9 Å². The van der Waals surface area contributed by atoms with E-state index in [1.54, 1.807) is 18.3 Å². The number of carbonyl (C=O) groups is 2. The minimum Gasteiger partial charge on any atom is -0.337 e. The first-order chi connectivity index (χ1) is 13.3. The molecule has 0 radical (unpaired) electrons. The summed E-state index contributed by atoms with van der Waals surface area (Å²) in [5.74, 6) is -1.27. The van der Waals surface area contributed by atoms with Gasteiger partial charge in [0.2, 0.25) is 5.91 Å². The van der Waals surface area contributed by atoms with E-state index in [9.17, 15) is 22.8 Å². The highest BCUT2D eigenvalue weighted by Gasteiger charge is 2.38. The van der Waals surface area contributed by atoms with E-state index in [-0.39, 0.29) is 19.0 Å². The molecule has 1 aliphatic heterocycles. The zero-order valence-electron chi connectivity index (χ0n) is 15.2. The molecular weight excluding hydrogens is 373 g/mol. The molecule has 28 heavy (non-hydrogen) atoms. The lowest BCUT2D eigenvalue weighted by Crippen LogP contribution is -2.44. The largest absolute Gasteiger partial charge is 0.418 e. The van der Waals surface area contributed by atoms with Crippen molar-refractivity contribution in [2.24, 2.45) is 5.92 Å². The second kappa shape index (κ2) is 7.95. The number of anilines is 1. The molecule has 0 aliphatic carbocycles. The van der Waals surface area contributed by atoms with E-state index in [2.05, 4.69) is 15.3 Å². The van der Waals surface area contributed by atoms with E-state index in [1.165, 1.54) is 4.90 Å². The summed E-state index contributed by atoms with van der Waals surface area (Å²) in [6, 6.07) is 5.44. The number of amides is 2. The summed E-state index contributed by atoms with van der Waals surface area (Å²) >= 11 is 0. The Morgan fingerprint density at radius 3 is 2.68 bits per heavy atom. The van der Waals surface area contributed by atoms with Gasteiger partial charge in [-0.3, -0.25) is 14.6 Å². The van der Waals surface area contributed by atoms with Crippen molar-refractivity contribution in [3.05, 3.63) is 53.5 Å². The van der Waals surface area contributed by atoms with Gasteiger partial charge in [0.1, 0.15) is 11.5 Å². The lowest BCUT2D eigenvalue weighted by atomic mass is 9.96. The van der Waals surface area contributed by atoms with Gasteiger partial charge in [-0.05, 0) is 43.5 Å². The molecule has 1 N–H and O–H groups in total. The van der Waals surface area contributed by atoms with Gasteiger partial charge in [0.25, 0.3) is 5.91 Å². The maximum absolute atomic E-state index is 13.2. The van der Waals surface area contributed by atoms with Crippen molar-refractivity contribution < 1.29 is 22.8 Å². The van der Waals surface area contributed by atoms with Gasteiger partial charge >= 0.3 is 6.18 Å². The third-order valence-electron chi connectivity index (χ3n) is 4.56. The van der Waals surface area contributed by atoms with Crippen LogP contribution in [-0.4, -0.2) is 39.8 Å². The van der Waals surface area contributed by atoms with E-state index in [0.29, 0.717) is 18.7 Å². The molecule has 0 bridgehead atoms. The highest BCUT2D eigenvalue weighted by molar-refractivity contribution is 5.95. The molecule has 1 atom stereocenters. The molecule has 0 aromatic carbocycles. The Balaban J connectivity index is 1.72. The fourth-order valence-corrected chi connectivity index (χ4v) is 3.10. The van der Waals surface area contributed by atoms with E-state index >= 15 is 0 Å². The van der Waals surface area contributed by atoms with Gasteiger partial charge in [-0.25, -0.2) is 4.98 Å². The number of halogens is 3. The normalized spacial score (nSPS) is 17.3. The molecule has 2 amide bonds. The second-order valence-corrected chi connectivity index (χ2v) is 6.70. The molecule has 2 aromatic heterocycles. The minimum absolute atomic E-state index is 0.0321. The molecule has 3 heterocycles. The monoisotopic (exact) mass is 392 g/mol. The maximum atomic E-state index is 13.2. The summed E-state index contributed by atoms with van der Waals surface area (Å²) in [7, 11) is 0. The third kappa shape index (κ3) is 4.47. The molecular formula is C19H19F3N4O2. The molecule has 0 saturated carbocycles. The molecule has 1 fully saturated rings. The van der Waals surface area contributed by atoms with Crippen LogP contribution in [0.3, 0.4) is 0 Å². The van der Waals surface area contributed by atoms with Crippen LogP contribution in [0.15, 0.2) is 36.7 Å². The fraction of sp³-hybridized carbons (Fsp3) is 0.368. The van der Waals surface area contributed by atoms with Crippen molar-refractivity contribution in [3.8, 4) is 0 Å². The Kier molecular flexibility index (Phi) is 5.62. The van der Waals surface area contributed by atoms with Gasteiger partial charge in [-0.15, -0.1) is 0 Å². The van der Waals surface area contributed by atoms with Crippen LogP contribution in [0.4, 0.5) is 19.0 Å². The average molecular weight is 392 g/mol. The van der Waals surface area contributed by atoms with Crippen molar-refractivity contribution in [2.45, 2.75) is 25.9 Å². The standard InChI is InChI=1S/C19H19F3N4O2/c1-12-6-7-15(24-10-12)25-17(27)13-4-3-9-26(11-13)18(28)16-14(19(20,21)22)5-2-8-23-16/h2,5-8,10,13H,3-4,9,11H2,1H3,(H,24,25,27). The van der Waals surface area contributed by atoms with E-state index < -0.39 is 29.3 Å². The number of alkyl halides is 3. The van der Waals surface area contributed by atoms with Crippen LogP contribution in [-0.2, 0) is 11.0 Å². The number of aromatic nitrogens is 2. The Morgan fingerprint density at radius 1 is 1.21 bits per heavy atom. The predicted molar refractivity (Wildman–Crippen MR) is 95.5 cm³/mol. The summed E-state index contributed by atoms with van der Waals surface area (Å²) in [5.41, 5.74) is -0.769. The van der Waals surface area contributed by atoms with Crippen molar-refractivity contribution in [2.75, 3.05) is 18.4 Å². The number of hydrogen-bond donors (Lipinski definition) is 1. The number of carbonyl (C=O) groups excluding carboxylic acids is 2. The van der Waals surface area contributed by atoms with Gasteiger partial charge in [0.15, 0.2) is 0 Å². The van der Waals surface area contributed by atoms with Gasteiger partial charge in [-0.2, -0.15) is 13.2 Å². The number of nitrogens with zero attached hydrogens (tertiary/aromatic N) is 3. The van der Waals surface area contributed by atoms with Gasteiger partial charge < -0.3 is 10.2 Å². The van der Waals surface area contributed by atoms with Crippen LogP contribution in [0.1, 0.15) is 34.5 Å². The van der Waals surface area contributed by atoms with Gasteiger partial charge in [0.05, 0.1) is 11.5 Å². The first kappa shape index (κ1) is 19.8. The number of hydrogen-bond acceptors (Lipinski definition) is 4. The third-order valence-corrected chi connectivity index (χ3v) is 4.56. The summed E-state index contributed by atoms with van der Waals surface area (Å²) in [6.07, 6.45) is -0.857. The van der Waals surface area contributed by atoms with Crippen molar-refractivity contribution in [3.63, 3.8) is 0 Å². The molecule has 0 spiro atoms. The number of rotatable bonds is 3. The summed E-state index contributed by atoms with van der Waals surface area (Å²) < 4.78 is 39.5. The molecule has 1 aliphatic rings. The fourth-order valence-electron chi connectivity index (χ4n) is 3.10.